The Morgan fingerprint density at radius 2 is 1.87 bits per heavy atom. The number of benzene rings is 2. The minimum Gasteiger partial charge on any atom is -0.354 e. The van der Waals surface area contributed by atoms with Gasteiger partial charge in [-0.25, -0.2) is 4.98 Å². The molecule has 2 aromatic carbocycles. The Morgan fingerprint density at radius 3 is 2.67 bits per heavy atom. The highest BCUT2D eigenvalue weighted by molar-refractivity contribution is 6.01. The second kappa shape index (κ2) is 8.69. The van der Waals surface area contributed by atoms with E-state index >= 15 is 0 Å². The van der Waals surface area contributed by atoms with Crippen LogP contribution in [0, 0.1) is 0 Å². The zero-order valence-corrected chi connectivity index (χ0v) is 17.6. The zero-order valence-electron chi connectivity index (χ0n) is 17.6. The Balaban J connectivity index is 1.19. The number of nitrogens with zero attached hydrogens (tertiary/aromatic N) is 3. The average Bonchev–Trinajstić information content (AvgIpc) is 3.27. The number of fused-ring (bicyclic) bond motifs is 2. The molecule has 0 fully saturated rings. The Kier molecular flexibility index (Phi) is 5.84. The van der Waals surface area contributed by atoms with E-state index in [-0.39, 0.29) is 11.8 Å². The third-order valence-corrected chi connectivity index (χ3v) is 5.95. The molecule has 156 valence electrons. The van der Waals surface area contributed by atoms with Gasteiger partial charge in [0.15, 0.2) is 0 Å². The molecule has 0 saturated carbocycles. The van der Waals surface area contributed by atoms with Crippen molar-refractivity contribution in [2.75, 3.05) is 6.54 Å². The van der Waals surface area contributed by atoms with Crippen LogP contribution < -0.4 is 5.32 Å². The van der Waals surface area contributed by atoms with Crippen LogP contribution in [-0.2, 0) is 24.8 Å². The first-order valence-electron chi connectivity index (χ1n) is 10.6. The second-order valence-corrected chi connectivity index (χ2v) is 7.94. The van der Waals surface area contributed by atoms with Gasteiger partial charge in [0.05, 0.1) is 11.0 Å². The zero-order chi connectivity index (χ0) is 21.1. The highest BCUT2D eigenvalue weighted by atomic mass is 16.2. The molecule has 1 aliphatic heterocycles. The Labute approximate surface area is 176 Å². The summed E-state index contributed by atoms with van der Waals surface area (Å²) in [6.07, 6.45) is 3.89. The largest absolute Gasteiger partial charge is 0.354 e. The normalized spacial score (nSPS) is 14.2. The summed E-state index contributed by atoms with van der Waals surface area (Å²) < 4.78 is 2.16. The van der Waals surface area contributed by atoms with Crippen molar-refractivity contribution < 1.29 is 9.59 Å². The summed E-state index contributed by atoms with van der Waals surface area (Å²) in [7, 11) is 2.06. The third-order valence-electron chi connectivity index (χ3n) is 5.95. The van der Waals surface area contributed by atoms with Gasteiger partial charge in [-0.15, -0.1) is 0 Å². The van der Waals surface area contributed by atoms with E-state index in [4.69, 9.17) is 4.98 Å². The molecule has 0 spiro atoms. The predicted octanol–water partition coefficient (Wildman–Crippen LogP) is 3.45. The maximum absolute atomic E-state index is 12.5. The molecule has 3 aromatic rings. The number of nitrogens with one attached hydrogen (secondary N) is 1. The predicted molar refractivity (Wildman–Crippen MR) is 117 cm³/mol. The van der Waals surface area contributed by atoms with Gasteiger partial charge in [-0.05, 0) is 43.5 Å². The van der Waals surface area contributed by atoms with Crippen LogP contribution >= 0.6 is 0 Å². The summed E-state index contributed by atoms with van der Waals surface area (Å²) in [4.78, 5) is 31.4. The van der Waals surface area contributed by atoms with Crippen LogP contribution in [-0.4, -0.2) is 38.9 Å². The van der Waals surface area contributed by atoms with Crippen LogP contribution in [0.4, 0.5) is 0 Å². The molecule has 0 aliphatic carbocycles. The Morgan fingerprint density at radius 1 is 1.10 bits per heavy atom. The average molecular weight is 405 g/mol. The number of hydrogen-bond acceptors (Lipinski definition) is 3. The van der Waals surface area contributed by atoms with E-state index in [1.54, 1.807) is 11.8 Å². The quantitative estimate of drug-likeness (QED) is 0.585. The van der Waals surface area contributed by atoms with Gasteiger partial charge >= 0.3 is 0 Å². The molecule has 6 nitrogen and oxygen atoms in total. The smallest absolute Gasteiger partial charge is 0.255 e. The molecule has 0 bridgehead atoms. The molecule has 6 heteroatoms. The second-order valence-electron chi connectivity index (χ2n) is 7.94. The van der Waals surface area contributed by atoms with Crippen molar-refractivity contribution in [1.29, 1.82) is 0 Å². The van der Waals surface area contributed by atoms with E-state index in [0.29, 0.717) is 18.7 Å². The van der Waals surface area contributed by atoms with E-state index in [1.807, 2.05) is 42.5 Å². The lowest BCUT2D eigenvalue weighted by Gasteiger charge is -2.23. The lowest BCUT2D eigenvalue weighted by molar-refractivity contribution is -0.125. The van der Waals surface area contributed by atoms with E-state index in [1.165, 1.54) is 0 Å². The van der Waals surface area contributed by atoms with Gasteiger partial charge in [0.2, 0.25) is 5.91 Å². The standard InChI is InChI=1S/C24H28N4O2/c1-17(28-16-18-10-5-6-11-19(18)24(28)30)23(29)25-15-9-3-4-14-22-26-20-12-7-8-13-21(20)27(22)2/h5-8,10-13,17H,3-4,9,14-16H2,1-2H3,(H,25,29). The fourth-order valence-corrected chi connectivity index (χ4v) is 4.09. The molecule has 2 heterocycles. The van der Waals surface area contributed by atoms with E-state index in [9.17, 15) is 9.59 Å². The van der Waals surface area contributed by atoms with Crippen LogP contribution in [0.5, 0.6) is 0 Å². The summed E-state index contributed by atoms with van der Waals surface area (Å²) in [6, 6.07) is 15.3. The summed E-state index contributed by atoms with van der Waals surface area (Å²) in [5, 5.41) is 2.98. The van der Waals surface area contributed by atoms with E-state index < -0.39 is 6.04 Å². The van der Waals surface area contributed by atoms with Crippen molar-refractivity contribution in [3.8, 4) is 0 Å². The number of unbranched alkanes of at least 4 members (excludes halogenated alkanes) is 2. The van der Waals surface area contributed by atoms with Crippen molar-refractivity contribution in [3.63, 3.8) is 0 Å². The lowest BCUT2D eigenvalue weighted by atomic mass is 10.1. The van der Waals surface area contributed by atoms with Gasteiger partial charge in [0.25, 0.3) is 5.91 Å². The highest BCUT2D eigenvalue weighted by Gasteiger charge is 2.33. The third kappa shape index (κ3) is 3.95. The summed E-state index contributed by atoms with van der Waals surface area (Å²) >= 11 is 0. The molecule has 1 N–H and O–H groups in total. The van der Waals surface area contributed by atoms with E-state index in [0.717, 1.165) is 48.1 Å². The number of carbonyl (C=O) groups excluding carboxylic acids is 2. The molecular weight excluding hydrogens is 376 g/mol. The van der Waals surface area contributed by atoms with Crippen LogP contribution in [0.15, 0.2) is 48.5 Å². The number of aromatic nitrogens is 2. The van der Waals surface area contributed by atoms with Crippen molar-refractivity contribution >= 4 is 22.8 Å². The van der Waals surface area contributed by atoms with Gasteiger partial charge in [0.1, 0.15) is 11.9 Å². The number of para-hydroxylation sites is 2. The Hall–Kier alpha value is -3.15. The molecule has 1 aliphatic rings. The molecule has 30 heavy (non-hydrogen) atoms. The number of aryl methyl sites for hydroxylation is 2. The number of hydrogen-bond donors (Lipinski definition) is 1. The van der Waals surface area contributed by atoms with Crippen LogP contribution in [0.3, 0.4) is 0 Å². The van der Waals surface area contributed by atoms with Crippen molar-refractivity contribution in [3.05, 3.63) is 65.5 Å². The molecule has 4 rings (SSSR count). The van der Waals surface area contributed by atoms with Crippen LogP contribution in [0.1, 0.15) is 47.9 Å². The molecule has 1 aromatic heterocycles. The molecule has 0 saturated heterocycles. The summed E-state index contributed by atoms with van der Waals surface area (Å²) in [5.74, 6) is 0.947. The van der Waals surface area contributed by atoms with Crippen molar-refractivity contribution in [2.24, 2.45) is 7.05 Å². The van der Waals surface area contributed by atoms with Crippen molar-refractivity contribution in [1.82, 2.24) is 19.8 Å². The van der Waals surface area contributed by atoms with Crippen LogP contribution in [0.2, 0.25) is 0 Å². The molecular formula is C24H28N4O2. The maximum atomic E-state index is 12.5. The first-order chi connectivity index (χ1) is 14.6. The number of imidazole rings is 1. The molecule has 0 radical (unpaired) electrons. The summed E-state index contributed by atoms with van der Waals surface area (Å²) in [6.45, 7) is 2.92. The molecule has 1 atom stereocenters. The topological polar surface area (TPSA) is 67.2 Å². The monoisotopic (exact) mass is 404 g/mol. The molecule has 2 amide bonds. The number of carbonyl (C=O) groups is 2. The maximum Gasteiger partial charge on any atom is 0.255 e. The first kappa shape index (κ1) is 20.1. The van der Waals surface area contributed by atoms with Gasteiger partial charge < -0.3 is 14.8 Å². The summed E-state index contributed by atoms with van der Waals surface area (Å²) in [5.41, 5.74) is 3.89. The lowest BCUT2D eigenvalue weighted by Crippen LogP contribution is -2.45. The SMILES string of the molecule is CC(C(=O)NCCCCCc1nc2ccccc2n1C)N1Cc2ccccc2C1=O. The highest BCUT2D eigenvalue weighted by Crippen LogP contribution is 2.24. The van der Waals surface area contributed by atoms with Crippen LogP contribution in [0.25, 0.3) is 11.0 Å². The fraction of sp³-hybridized carbons (Fsp3) is 0.375. The van der Waals surface area contributed by atoms with Gasteiger partial charge in [-0.3, -0.25) is 9.59 Å². The Bertz CT molecular complexity index is 1070. The minimum atomic E-state index is -0.468. The minimum absolute atomic E-state index is 0.0595. The van der Waals surface area contributed by atoms with Gasteiger partial charge in [0, 0.05) is 32.1 Å². The van der Waals surface area contributed by atoms with Gasteiger partial charge in [-0.2, -0.15) is 0 Å². The fourth-order valence-electron chi connectivity index (χ4n) is 4.09. The molecule has 1 unspecified atom stereocenters. The number of rotatable bonds is 8. The number of amides is 2. The first-order valence-corrected chi connectivity index (χ1v) is 10.6. The van der Waals surface area contributed by atoms with E-state index in [2.05, 4.69) is 23.0 Å². The van der Waals surface area contributed by atoms with Gasteiger partial charge in [-0.1, -0.05) is 36.8 Å². The van der Waals surface area contributed by atoms with Crippen molar-refractivity contribution in [2.45, 2.75) is 45.2 Å².